The highest BCUT2D eigenvalue weighted by Crippen LogP contribution is 2.27. The van der Waals surface area contributed by atoms with Crippen LogP contribution in [-0.2, 0) is 9.59 Å². The number of carbonyl (C=O) groups is 2. The molecule has 1 aliphatic rings. The Labute approximate surface area is 161 Å². The van der Waals surface area contributed by atoms with Gasteiger partial charge in [-0.15, -0.1) is 0 Å². The molecule has 0 radical (unpaired) electrons. The van der Waals surface area contributed by atoms with Gasteiger partial charge in [0.25, 0.3) is 0 Å². The molecule has 1 aromatic rings. The van der Waals surface area contributed by atoms with E-state index in [-0.39, 0.29) is 16.9 Å². The summed E-state index contributed by atoms with van der Waals surface area (Å²) in [4.78, 5) is 23.8. The number of hydrogen-bond donors (Lipinski definition) is 3. The number of rotatable bonds is 7. The van der Waals surface area contributed by atoms with Crippen molar-refractivity contribution in [1.29, 1.82) is 0 Å². The number of nitrogens with one attached hydrogen (secondary N) is 3. The molecule has 26 heavy (non-hydrogen) atoms. The molecule has 0 saturated heterocycles. The molecule has 0 unspecified atom stereocenters. The Morgan fingerprint density at radius 2 is 1.73 bits per heavy atom. The molecule has 3 N–H and O–H groups in total. The maximum absolute atomic E-state index is 12.1. The van der Waals surface area contributed by atoms with E-state index in [9.17, 15) is 9.59 Å². The molecule has 6 heteroatoms. The van der Waals surface area contributed by atoms with Crippen molar-refractivity contribution in [2.24, 2.45) is 5.92 Å². The number of thiocarbonyl (C=S) groups is 1. The van der Waals surface area contributed by atoms with Crippen LogP contribution in [0.15, 0.2) is 24.3 Å². The molecule has 1 aliphatic carbocycles. The molecule has 0 aromatic heterocycles. The number of anilines is 2. The van der Waals surface area contributed by atoms with Gasteiger partial charge in [-0.05, 0) is 49.2 Å². The average molecular weight is 376 g/mol. The van der Waals surface area contributed by atoms with Gasteiger partial charge in [0.1, 0.15) is 0 Å². The molecule has 142 valence electrons. The van der Waals surface area contributed by atoms with E-state index < -0.39 is 0 Å². The van der Waals surface area contributed by atoms with E-state index in [1.165, 1.54) is 32.1 Å². The highest BCUT2D eigenvalue weighted by molar-refractivity contribution is 7.80. The summed E-state index contributed by atoms with van der Waals surface area (Å²) in [6.45, 7) is 1.97. The normalized spacial score (nSPS) is 14.5. The summed E-state index contributed by atoms with van der Waals surface area (Å²) < 4.78 is 0. The van der Waals surface area contributed by atoms with Gasteiger partial charge in [-0.2, -0.15) is 0 Å². The lowest BCUT2D eigenvalue weighted by molar-refractivity contribution is -0.120. The number of amides is 2. The molecule has 2 rings (SSSR count). The Bertz CT molecular complexity index is 627. The quantitative estimate of drug-likeness (QED) is 0.609. The van der Waals surface area contributed by atoms with E-state index in [0.717, 1.165) is 18.5 Å². The van der Waals surface area contributed by atoms with E-state index in [1.54, 1.807) is 6.07 Å². The SMILES string of the molecule is CCCC(=O)Nc1cccc(NC(=S)NC(=O)CCC2CCCCC2)c1. The van der Waals surface area contributed by atoms with Crippen molar-refractivity contribution < 1.29 is 9.59 Å². The van der Waals surface area contributed by atoms with Crippen molar-refractivity contribution >= 4 is 40.5 Å². The zero-order valence-electron chi connectivity index (χ0n) is 15.5. The zero-order chi connectivity index (χ0) is 18.8. The van der Waals surface area contributed by atoms with Crippen LogP contribution in [0.2, 0.25) is 0 Å². The lowest BCUT2D eigenvalue weighted by atomic mass is 9.86. The first-order chi connectivity index (χ1) is 12.6. The van der Waals surface area contributed by atoms with Crippen LogP contribution in [0.25, 0.3) is 0 Å². The zero-order valence-corrected chi connectivity index (χ0v) is 16.3. The Morgan fingerprint density at radius 1 is 1.04 bits per heavy atom. The van der Waals surface area contributed by atoms with Crippen LogP contribution >= 0.6 is 12.2 Å². The molecular formula is C20H29N3O2S. The summed E-state index contributed by atoms with van der Waals surface area (Å²) in [6.07, 6.45) is 9.14. The first kappa shape index (κ1) is 20.4. The van der Waals surface area contributed by atoms with Crippen LogP contribution < -0.4 is 16.0 Å². The van der Waals surface area contributed by atoms with Crippen LogP contribution in [-0.4, -0.2) is 16.9 Å². The minimum atomic E-state index is -0.0412. The van der Waals surface area contributed by atoms with E-state index >= 15 is 0 Å². The molecule has 0 bridgehead atoms. The van der Waals surface area contributed by atoms with Crippen molar-refractivity contribution in [2.45, 2.75) is 64.7 Å². The summed E-state index contributed by atoms with van der Waals surface area (Å²) in [6, 6.07) is 7.30. The summed E-state index contributed by atoms with van der Waals surface area (Å²) in [5.74, 6) is 0.628. The second kappa shape index (κ2) is 10.9. The maximum atomic E-state index is 12.1. The second-order valence-electron chi connectivity index (χ2n) is 6.92. The molecule has 1 aromatic carbocycles. The summed E-state index contributed by atoms with van der Waals surface area (Å²) >= 11 is 5.23. The molecule has 0 aliphatic heterocycles. The van der Waals surface area contributed by atoms with Gasteiger partial charge >= 0.3 is 0 Å². The molecule has 2 amide bonds. The van der Waals surface area contributed by atoms with Gasteiger partial charge in [-0.25, -0.2) is 0 Å². The third-order valence-corrected chi connectivity index (χ3v) is 4.84. The fraction of sp³-hybridized carbons (Fsp3) is 0.550. The van der Waals surface area contributed by atoms with Gasteiger partial charge in [0.05, 0.1) is 0 Å². The van der Waals surface area contributed by atoms with Crippen LogP contribution in [0.5, 0.6) is 0 Å². The molecule has 1 saturated carbocycles. The predicted octanol–water partition coefficient (Wildman–Crippen LogP) is 4.60. The van der Waals surface area contributed by atoms with Crippen molar-refractivity contribution in [3.63, 3.8) is 0 Å². The summed E-state index contributed by atoms with van der Waals surface area (Å²) in [5, 5.41) is 8.88. The van der Waals surface area contributed by atoms with Crippen molar-refractivity contribution in [1.82, 2.24) is 5.32 Å². The van der Waals surface area contributed by atoms with E-state index in [4.69, 9.17) is 12.2 Å². The lowest BCUT2D eigenvalue weighted by Crippen LogP contribution is -2.34. The van der Waals surface area contributed by atoms with Gasteiger partial charge in [-0.3, -0.25) is 9.59 Å². The third-order valence-electron chi connectivity index (χ3n) is 4.64. The highest BCUT2D eigenvalue weighted by atomic mass is 32.1. The van der Waals surface area contributed by atoms with E-state index in [2.05, 4.69) is 16.0 Å². The second-order valence-corrected chi connectivity index (χ2v) is 7.33. The highest BCUT2D eigenvalue weighted by Gasteiger charge is 2.15. The molecule has 0 heterocycles. The van der Waals surface area contributed by atoms with Crippen LogP contribution in [0, 0.1) is 5.92 Å². The number of hydrogen-bond acceptors (Lipinski definition) is 3. The molecule has 5 nitrogen and oxygen atoms in total. The van der Waals surface area contributed by atoms with Gasteiger partial charge in [0.15, 0.2) is 5.11 Å². The minimum Gasteiger partial charge on any atom is -0.332 e. The Morgan fingerprint density at radius 3 is 2.42 bits per heavy atom. The Kier molecular flexibility index (Phi) is 8.54. The van der Waals surface area contributed by atoms with E-state index in [0.29, 0.717) is 24.4 Å². The fourth-order valence-electron chi connectivity index (χ4n) is 3.29. The molecule has 0 atom stereocenters. The predicted molar refractivity (Wildman–Crippen MR) is 110 cm³/mol. The lowest BCUT2D eigenvalue weighted by Gasteiger charge is -2.21. The van der Waals surface area contributed by atoms with Gasteiger partial charge in [0, 0.05) is 24.2 Å². The van der Waals surface area contributed by atoms with Gasteiger partial charge < -0.3 is 16.0 Å². The Hall–Kier alpha value is -1.95. The average Bonchev–Trinajstić information content (AvgIpc) is 2.61. The fourth-order valence-corrected chi connectivity index (χ4v) is 3.52. The largest absolute Gasteiger partial charge is 0.332 e. The van der Waals surface area contributed by atoms with Crippen molar-refractivity contribution in [2.75, 3.05) is 10.6 Å². The van der Waals surface area contributed by atoms with E-state index in [1.807, 2.05) is 25.1 Å². The van der Waals surface area contributed by atoms with Crippen molar-refractivity contribution in [3.05, 3.63) is 24.3 Å². The molecule has 1 fully saturated rings. The number of benzene rings is 1. The summed E-state index contributed by atoms with van der Waals surface area (Å²) in [5.41, 5.74) is 1.44. The van der Waals surface area contributed by atoms with Crippen LogP contribution in [0.1, 0.15) is 64.7 Å². The van der Waals surface area contributed by atoms with Crippen LogP contribution in [0.3, 0.4) is 0 Å². The maximum Gasteiger partial charge on any atom is 0.226 e. The minimum absolute atomic E-state index is 0.0109. The molecular weight excluding hydrogens is 346 g/mol. The van der Waals surface area contributed by atoms with Gasteiger partial charge in [-0.1, -0.05) is 45.1 Å². The topological polar surface area (TPSA) is 70.2 Å². The standard InChI is InChI=1S/C20H29N3O2S/c1-2-7-18(24)21-16-10-6-11-17(14-16)22-20(26)23-19(25)13-12-15-8-4-3-5-9-15/h6,10-11,14-15H,2-5,7-9,12-13H2,1H3,(H,21,24)(H2,22,23,25,26). The first-order valence-electron chi connectivity index (χ1n) is 9.57. The van der Waals surface area contributed by atoms with Crippen LogP contribution in [0.4, 0.5) is 11.4 Å². The Balaban J connectivity index is 1.75. The van der Waals surface area contributed by atoms with Crippen molar-refractivity contribution in [3.8, 4) is 0 Å². The first-order valence-corrected chi connectivity index (χ1v) is 9.98. The summed E-state index contributed by atoms with van der Waals surface area (Å²) in [7, 11) is 0. The third kappa shape index (κ3) is 7.52. The smallest absolute Gasteiger partial charge is 0.226 e. The molecule has 0 spiro atoms. The number of carbonyl (C=O) groups excluding carboxylic acids is 2. The monoisotopic (exact) mass is 375 g/mol. The van der Waals surface area contributed by atoms with Gasteiger partial charge in [0.2, 0.25) is 11.8 Å².